The normalized spacial score (nSPS) is 12.5. The highest BCUT2D eigenvalue weighted by Crippen LogP contribution is 2.12. The van der Waals surface area contributed by atoms with Gasteiger partial charge in [0.2, 0.25) is 0 Å². The van der Waals surface area contributed by atoms with E-state index in [0.717, 1.165) is 12.8 Å². The van der Waals surface area contributed by atoms with Gasteiger partial charge in [-0.3, -0.25) is 4.79 Å². The molecule has 1 aromatic rings. The van der Waals surface area contributed by atoms with Gasteiger partial charge in [-0.2, -0.15) is 0 Å². The van der Waals surface area contributed by atoms with Crippen molar-refractivity contribution in [2.45, 2.75) is 25.1 Å². The van der Waals surface area contributed by atoms with E-state index >= 15 is 0 Å². The highest BCUT2D eigenvalue weighted by Gasteiger charge is 2.10. The fourth-order valence-electron chi connectivity index (χ4n) is 1.07. The van der Waals surface area contributed by atoms with Gasteiger partial charge in [0.1, 0.15) is 0 Å². The minimum Gasteiger partial charge on any atom is -0.440 e. The van der Waals surface area contributed by atoms with E-state index in [-0.39, 0.29) is 22.3 Å². The Hall–Kier alpha value is -0.670. The molecular weight excluding hydrogens is 237 g/mol. The summed E-state index contributed by atoms with van der Waals surface area (Å²) in [6.45, 7) is 2.55. The second-order valence-corrected chi connectivity index (χ2v) is 4.14. The summed E-state index contributed by atoms with van der Waals surface area (Å²) in [6.07, 6.45) is 1.64. The van der Waals surface area contributed by atoms with E-state index < -0.39 is 0 Å². The number of amides is 1. The summed E-state index contributed by atoms with van der Waals surface area (Å²) in [6, 6.07) is 3.07. The molecule has 0 spiro atoms. The second-order valence-electron chi connectivity index (χ2n) is 3.15. The van der Waals surface area contributed by atoms with Crippen molar-refractivity contribution in [2.75, 3.05) is 6.54 Å². The first-order valence-electron chi connectivity index (χ1n) is 4.81. The lowest BCUT2D eigenvalue weighted by Crippen LogP contribution is -2.25. The molecule has 0 bridgehead atoms. The molecule has 0 aliphatic rings. The van der Waals surface area contributed by atoms with Gasteiger partial charge in [-0.1, -0.05) is 6.92 Å². The van der Waals surface area contributed by atoms with Crippen LogP contribution in [0.15, 0.2) is 16.5 Å². The molecule has 1 rings (SSSR count). The number of hydrogen-bond acceptors (Lipinski definition) is 2. The Morgan fingerprint density at radius 3 is 2.87 bits per heavy atom. The van der Waals surface area contributed by atoms with Crippen LogP contribution >= 0.6 is 23.2 Å². The van der Waals surface area contributed by atoms with Crippen molar-refractivity contribution in [1.29, 1.82) is 0 Å². The van der Waals surface area contributed by atoms with Crippen molar-refractivity contribution in [3.05, 3.63) is 23.1 Å². The quantitative estimate of drug-likeness (QED) is 0.816. The minimum absolute atomic E-state index is 0.102. The van der Waals surface area contributed by atoms with Crippen LogP contribution in [0, 0.1) is 0 Å². The Morgan fingerprint density at radius 2 is 2.33 bits per heavy atom. The Bertz CT molecular complexity index is 325. The van der Waals surface area contributed by atoms with Gasteiger partial charge in [-0.05, 0) is 36.6 Å². The number of furan rings is 1. The Kier molecular flexibility index (Phi) is 4.99. The van der Waals surface area contributed by atoms with Crippen LogP contribution in [0.2, 0.25) is 5.22 Å². The van der Waals surface area contributed by atoms with Crippen LogP contribution < -0.4 is 5.32 Å². The van der Waals surface area contributed by atoms with Crippen LogP contribution in [0.25, 0.3) is 0 Å². The zero-order valence-electron chi connectivity index (χ0n) is 8.43. The molecule has 1 aromatic heterocycles. The summed E-state index contributed by atoms with van der Waals surface area (Å²) in [4.78, 5) is 11.4. The summed E-state index contributed by atoms with van der Waals surface area (Å²) in [5, 5.41) is 3.02. The average molecular weight is 250 g/mol. The van der Waals surface area contributed by atoms with Crippen molar-refractivity contribution in [2.24, 2.45) is 0 Å². The number of alkyl halides is 1. The maximum atomic E-state index is 11.4. The van der Waals surface area contributed by atoms with Crippen LogP contribution in [-0.2, 0) is 0 Å². The lowest BCUT2D eigenvalue weighted by atomic mass is 10.2. The Morgan fingerprint density at radius 1 is 1.60 bits per heavy atom. The predicted octanol–water partition coefficient (Wildman–Crippen LogP) is 3.07. The third-order valence-electron chi connectivity index (χ3n) is 1.98. The van der Waals surface area contributed by atoms with Crippen LogP contribution in [0.3, 0.4) is 0 Å². The molecule has 0 saturated carbocycles. The van der Waals surface area contributed by atoms with Gasteiger partial charge in [0.15, 0.2) is 11.0 Å². The van der Waals surface area contributed by atoms with Gasteiger partial charge in [-0.25, -0.2) is 0 Å². The van der Waals surface area contributed by atoms with E-state index in [1.54, 1.807) is 0 Å². The SMILES string of the molecule is CCC(Cl)CCNC(=O)c1ccc(Cl)o1. The van der Waals surface area contributed by atoms with E-state index in [0.29, 0.717) is 6.54 Å². The van der Waals surface area contributed by atoms with Gasteiger partial charge in [0.05, 0.1) is 0 Å². The number of hydrogen-bond donors (Lipinski definition) is 1. The first-order valence-corrected chi connectivity index (χ1v) is 5.62. The van der Waals surface area contributed by atoms with Gasteiger partial charge in [-0.15, -0.1) is 11.6 Å². The van der Waals surface area contributed by atoms with Gasteiger partial charge >= 0.3 is 0 Å². The Balaban J connectivity index is 2.31. The molecule has 1 unspecified atom stereocenters. The minimum atomic E-state index is -0.262. The van der Waals surface area contributed by atoms with Crippen molar-refractivity contribution >= 4 is 29.1 Å². The molecular formula is C10H13Cl2NO2. The molecule has 15 heavy (non-hydrogen) atoms. The molecule has 0 saturated heterocycles. The lowest BCUT2D eigenvalue weighted by molar-refractivity contribution is 0.0925. The van der Waals surface area contributed by atoms with E-state index in [9.17, 15) is 4.79 Å². The summed E-state index contributed by atoms with van der Waals surface area (Å²) in [7, 11) is 0. The molecule has 0 aromatic carbocycles. The maximum Gasteiger partial charge on any atom is 0.287 e. The standard InChI is InChI=1S/C10H13Cl2NO2/c1-2-7(11)5-6-13-10(14)8-3-4-9(12)15-8/h3-4,7H,2,5-6H2,1H3,(H,13,14). The number of nitrogens with one attached hydrogen (secondary N) is 1. The number of halogens is 2. The molecule has 0 radical (unpaired) electrons. The molecule has 0 aliphatic heterocycles. The van der Waals surface area contributed by atoms with Crippen LogP contribution in [0.4, 0.5) is 0 Å². The smallest absolute Gasteiger partial charge is 0.287 e. The predicted molar refractivity (Wildman–Crippen MR) is 60.6 cm³/mol. The molecule has 1 amide bonds. The molecule has 0 aliphatic carbocycles. The molecule has 5 heteroatoms. The van der Waals surface area contributed by atoms with Crippen molar-refractivity contribution < 1.29 is 9.21 Å². The molecule has 1 heterocycles. The summed E-state index contributed by atoms with van der Waals surface area (Å²) in [5.41, 5.74) is 0. The first kappa shape index (κ1) is 12.4. The van der Waals surface area contributed by atoms with E-state index in [1.807, 2.05) is 6.92 Å². The van der Waals surface area contributed by atoms with Crippen molar-refractivity contribution in [3.63, 3.8) is 0 Å². The highest BCUT2D eigenvalue weighted by atomic mass is 35.5. The summed E-state index contributed by atoms with van der Waals surface area (Å²) in [5.74, 6) is -0.0375. The van der Waals surface area contributed by atoms with E-state index in [2.05, 4.69) is 5.32 Å². The van der Waals surface area contributed by atoms with Crippen LogP contribution in [0.1, 0.15) is 30.3 Å². The third-order valence-corrected chi connectivity index (χ3v) is 2.71. The molecule has 1 atom stereocenters. The topological polar surface area (TPSA) is 42.2 Å². The van der Waals surface area contributed by atoms with Gasteiger partial charge in [0.25, 0.3) is 5.91 Å². The average Bonchev–Trinajstić information content (AvgIpc) is 2.64. The lowest BCUT2D eigenvalue weighted by Gasteiger charge is -2.06. The molecule has 1 N–H and O–H groups in total. The monoisotopic (exact) mass is 249 g/mol. The van der Waals surface area contributed by atoms with Crippen molar-refractivity contribution in [3.8, 4) is 0 Å². The molecule has 84 valence electrons. The van der Waals surface area contributed by atoms with Crippen LogP contribution in [-0.4, -0.2) is 17.8 Å². The van der Waals surface area contributed by atoms with Crippen molar-refractivity contribution in [1.82, 2.24) is 5.32 Å². The van der Waals surface area contributed by atoms with E-state index in [1.165, 1.54) is 12.1 Å². The fourth-order valence-corrected chi connectivity index (χ4v) is 1.33. The van der Waals surface area contributed by atoms with Crippen LogP contribution in [0.5, 0.6) is 0 Å². The zero-order chi connectivity index (χ0) is 11.3. The number of carbonyl (C=O) groups is 1. The second kappa shape index (κ2) is 6.03. The number of rotatable bonds is 5. The molecule has 3 nitrogen and oxygen atoms in total. The number of carbonyl (C=O) groups excluding carboxylic acids is 1. The van der Waals surface area contributed by atoms with Gasteiger partial charge in [0, 0.05) is 11.9 Å². The largest absolute Gasteiger partial charge is 0.440 e. The fraction of sp³-hybridized carbons (Fsp3) is 0.500. The third kappa shape index (κ3) is 4.14. The zero-order valence-corrected chi connectivity index (χ0v) is 9.94. The summed E-state index contributed by atoms with van der Waals surface area (Å²) < 4.78 is 4.95. The highest BCUT2D eigenvalue weighted by molar-refractivity contribution is 6.29. The maximum absolute atomic E-state index is 11.4. The molecule has 0 fully saturated rings. The van der Waals surface area contributed by atoms with Gasteiger partial charge < -0.3 is 9.73 Å². The van der Waals surface area contributed by atoms with E-state index in [4.69, 9.17) is 27.6 Å². The summed E-state index contributed by atoms with van der Waals surface area (Å²) >= 11 is 11.4. The first-order chi connectivity index (χ1) is 7.13. The Labute approximate surface area is 98.7 Å².